The lowest BCUT2D eigenvalue weighted by molar-refractivity contribution is -0.127. The van der Waals surface area contributed by atoms with E-state index in [1.807, 2.05) is 53.4 Å². The lowest BCUT2D eigenvalue weighted by Crippen LogP contribution is -2.39. The van der Waals surface area contributed by atoms with Gasteiger partial charge in [-0.25, -0.2) is 0 Å². The number of piperidine rings is 1. The topological polar surface area (TPSA) is 37.4 Å². The van der Waals surface area contributed by atoms with Crippen LogP contribution in [0.4, 0.5) is 0 Å². The molecular formula is C24H27NO2. The zero-order chi connectivity index (χ0) is 19.2. The maximum absolute atomic E-state index is 12.5. The molecule has 1 aliphatic heterocycles. The average Bonchev–Trinajstić information content (AvgIpc) is 2.72. The van der Waals surface area contributed by atoms with E-state index >= 15 is 0 Å². The number of hydrogen-bond acceptors (Lipinski definition) is 2. The summed E-state index contributed by atoms with van der Waals surface area (Å²) in [5.74, 6) is 0.741. The van der Waals surface area contributed by atoms with Crippen LogP contribution in [0.15, 0.2) is 60.7 Å². The van der Waals surface area contributed by atoms with Gasteiger partial charge in [0.2, 0.25) is 5.91 Å². The molecule has 0 bridgehead atoms. The Labute approximate surface area is 161 Å². The molecule has 2 aromatic carbocycles. The van der Waals surface area contributed by atoms with Crippen molar-refractivity contribution in [1.82, 2.24) is 4.90 Å². The highest BCUT2D eigenvalue weighted by atomic mass is 16.2. The van der Waals surface area contributed by atoms with E-state index in [1.165, 1.54) is 5.56 Å². The molecule has 3 nitrogen and oxygen atoms in total. The molecule has 0 atom stereocenters. The Morgan fingerprint density at radius 3 is 2.19 bits per heavy atom. The van der Waals surface area contributed by atoms with E-state index < -0.39 is 0 Å². The van der Waals surface area contributed by atoms with Gasteiger partial charge in [0.05, 0.1) is 0 Å². The van der Waals surface area contributed by atoms with Gasteiger partial charge < -0.3 is 4.90 Å². The molecular weight excluding hydrogens is 334 g/mol. The Balaban J connectivity index is 1.53. The van der Waals surface area contributed by atoms with Gasteiger partial charge in [-0.1, -0.05) is 68.4 Å². The maximum atomic E-state index is 12.5. The number of hydrogen-bond donors (Lipinski definition) is 0. The molecule has 140 valence electrons. The molecule has 1 fully saturated rings. The fourth-order valence-electron chi connectivity index (χ4n) is 3.47. The Morgan fingerprint density at radius 2 is 1.59 bits per heavy atom. The van der Waals surface area contributed by atoms with Crippen LogP contribution in [0.2, 0.25) is 0 Å². The van der Waals surface area contributed by atoms with Crippen LogP contribution in [0, 0.1) is 5.92 Å². The van der Waals surface area contributed by atoms with Crippen LogP contribution >= 0.6 is 0 Å². The normalized spacial score (nSPS) is 15.4. The van der Waals surface area contributed by atoms with Gasteiger partial charge in [0.15, 0.2) is 5.78 Å². The SMILES string of the molecule is CC(C)c1ccc(/C=C/C(=O)N2CCC(C(=O)c3ccccc3)CC2)cc1. The molecule has 0 aromatic heterocycles. The van der Waals surface area contributed by atoms with Gasteiger partial charge in [-0.2, -0.15) is 0 Å². The van der Waals surface area contributed by atoms with Crippen molar-refractivity contribution < 1.29 is 9.59 Å². The summed E-state index contributed by atoms with van der Waals surface area (Å²) < 4.78 is 0. The quantitative estimate of drug-likeness (QED) is 0.558. The largest absolute Gasteiger partial charge is 0.339 e. The molecule has 1 heterocycles. The highest BCUT2D eigenvalue weighted by molar-refractivity contribution is 5.98. The van der Waals surface area contributed by atoms with Gasteiger partial charge >= 0.3 is 0 Å². The molecule has 1 saturated heterocycles. The monoisotopic (exact) mass is 361 g/mol. The number of benzene rings is 2. The molecule has 3 rings (SSSR count). The number of carbonyl (C=O) groups excluding carboxylic acids is 2. The van der Waals surface area contributed by atoms with Crippen molar-refractivity contribution in [3.05, 3.63) is 77.4 Å². The third-order valence-electron chi connectivity index (χ3n) is 5.26. The van der Waals surface area contributed by atoms with Crippen molar-refractivity contribution in [3.8, 4) is 0 Å². The number of carbonyl (C=O) groups is 2. The van der Waals surface area contributed by atoms with Crippen molar-refractivity contribution in [3.63, 3.8) is 0 Å². The molecule has 3 heteroatoms. The van der Waals surface area contributed by atoms with E-state index in [4.69, 9.17) is 0 Å². The van der Waals surface area contributed by atoms with Crippen LogP contribution in [0.25, 0.3) is 6.08 Å². The molecule has 0 spiro atoms. The fourth-order valence-corrected chi connectivity index (χ4v) is 3.47. The summed E-state index contributed by atoms with van der Waals surface area (Å²) in [7, 11) is 0. The Morgan fingerprint density at radius 1 is 0.963 bits per heavy atom. The number of amides is 1. The summed E-state index contributed by atoms with van der Waals surface area (Å²) in [6, 6.07) is 17.7. The molecule has 27 heavy (non-hydrogen) atoms. The molecule has 0 N–H and O–H groups in total. The summed E-state index contributed by atoms with van der Waals surface area (Å²) >= 11 is 0. The molecule has 1 amide bonds. The first-order valence-corrected chi connectivity index (χ1v) is 9.71. The van der Waals surface area contributed by atoms with E-state index in [0.29, 0.717) is 19.0 Å². The lowest BCUT2D eigenvalue weighted by atomic mass is 9.89. The van der Waals surface area contributed by atoms with Crippen molar-refractivity contribution in [2.24, 2.45) is 5.92 Å². The van der Waals surface area contributed by atoms with Crippen LogP contribution in [0.5, 0.6) is 0 Å². The third-order valence-corrected chi connectivity index (χ3v) is 5.26. The second kappa shape index (κ2) is 8.81. The van der Waals surface area contributed by atoms with Crippen LogP contribution in [-0.2, 0) is 4.79 Å². The van der Waals surface area contributed by atoms with Gasteiger partial charge in [0.25, 0.3) is 0 Å². The van der Waals surface area contributed by atoms with E-state index in [9.17, 15) is 9.59 Å². The second-order valence-corrected chi connectivity index (χ2v) is 7.48. The molecule has 1 aliphatic rings. The molecule has 0 saturated carbocycles. The van der Waals surface area contributed by atoms with Crippen molar-refractivity contribution in [1.29, 1.82) is 0 Å². The highest BCUT2D eigenvalue weighted by Crippen LogP contribution is 2.22. The maximum Gasteiger partial charge on any atom is 0.246 e. The van der Waals surface area contributed by atoms with E-state index in [-0.39, 0.29) is 17.6 Å². The lowest BCUT2D eigenvalue weighted by Gasteiger charge is -2.30. The standard InChI is InChI=1S/C24H27NO2/c1-18(2)20-11-8-19(9-12-20)10-13-23(26)25-16-14-22(15-17-25)24(27)21-6-4-3-5-7-21/h3-13,18,22H,14-17H2,1-2H3/b13-10+. The Hall–Kier alpha value is -2.68. The Kier molecular flexibility index (Phi) is 6.23. The van der Waals surface area contributed by atoms with Gasteiger partial charge in [-0.3, -0.25) is 9.59 Å². The smallest absolute Gasteiger partial charge is 0.246 e. The minimum Gasteiger partial charge on any atom is -0.339 e. The number of Topliss-reactive ketones (excluding diaryl/α,β-unsaturated/α-hetero) is 1. The highest BCUT2D eigenvalue weighted by Gasteiger charge is 2.27. The van der Waals surface area contributed by atoms with Crippen LogP contribution in [-0.4, -0.2) is 29.7 Å². The van der Waals surface area contributed by atoms with Crippen LogP contribution < -0.4 is 0 Å². The van der Waals surface area contributed by atoms with Crippen LogP contribution in [0.1, 0.15) is 54.1 Å². The van der Waals surface area contributed by atoms with Crippen molar-refractivity contribution in [2.75, 3.05) is 13.1 Å². The van der Waals surface area contributed by atoms with E-state index in [1.54, 1.807) is 6.08 Å². The van der Waals surface area contributed by atoms with Gasteiger partial charge in [-0.15, -0.1) is 0 Å². The summed E-state index contributed by atoms with van der Waals surface area (Å²) in [5.41, 5.74) is 3.09. The number of likely N-dealkylation sites (tertiary alicyclic amines) is 1. The van der Waals surface area contributed by atoms with Gasteiger partial charge in [0.1, 0.15) is 0 Å². The minimum atomic E-state index is 0.0176. The predicted molar refractivity (Wildman–Crippen MR) is 110 cm³/mol. The van der Waals surface area contributed by atoms with Gasteiger partial charge in [0, 0.05) is 30.6 Å². The third kappa shape index (κ3) is 4.94. The summed E-state index contributed by atoms with van der Waals surface area (Å²) in [4.78, 5) is 26.8. The first-order chi connectivity index (χ1) is 13.0. The summed E-state index contributed by atoms with van der Waals surface area (Å²) in [5, 5.41) is 0. The first kappa shape index (κ1) is 19.1. The zero-order valence-electron chi connectivity index (χ0n) is 16.1. The number of ketones is 1. The predicted octanol–water partition coefficient (Wildman–Crippen LogP) is 4.94. The van der Waals surface area contributed by atoms with Crippen molar-refractivity contribution in [2.45, 2.75) is 32.6 Å². The fraction of sp³-hybridized carbons (Fsp3) is 0.333. The van der Waals surface area contributed by atoms with Crippen LogP contribution in [0.3, 0.4) is 0 Å². The number of rotatable bonds is 5. The average molecular weight is 361 g/mol. The van der Waals surface area contributed by atoms with E-state index in [0.717, 1.165) is 24.0 Å². The molecule has 0 aliphatic carbocycles. The molecule has 0 unspecified atom stereocenters. The minimum absolute atomic E-state index is 0.0176. The van der Waals surface area contributed by atoms with Crippen molar-refractivity contribution >= 4 is 17.8 Å². The molecule has 2 aromatic rings. The first-order valence-electron chi connectivity index (χ1n) is 9.71. The van der Waals surface area contributed by atoms with E-state index in [2.05, 4.69) is 26.0 Å². The Bertz CT molecular complexity index is 798. The second-order valence-electron chi connectivity index (χ2n) is 7.48. The summed E-state index contributed by atoms with van der Waals surface area (Å²) in [6.45, 7) is 5.61. The molecule has 0 radical (unpaired) electrons. The van der Waals surface area contributed by atoms with Gasteiger partial charge in [-0.05, 0) is 36.0 Å². The summed E-state index contributed by atoms with van der Waals surface area (Å²) in [6.07, 6.45) is 4.98. The zero-order valence-corrected chi connectivity index (χ0v) is 16.1. The number of nitrogens with zero attached hydrogens (tertiary/aromatic N) is 1.